The van der Waals surface area contributed by atoms with Crippen LogP contribution < -0.4 is 5.32 Å². The molecule has 2 atom stereocenters. The summed E-state index contributed by atoms with van der Waals surface area (Å²) in [5.41, 5.74) is 0.448. The molecule has 2 saturated carbocycles. The van der Waals surface area contributed by atoms with Crippen LogP contribution in [0.5, 0.6) is 0 Å². The molecular formula is C16H24ClNOS. The van der Waals surface area contributed by atoms with E-state index in [-0.39, 0.29) is 0 Å². The molecule has 2 fully saturated rings. The Morgan fingerprint density at radius 1 is 1.40 bits per heavy atom. The molecule has 1 spiro atoms. The van der Waals surface area contributed by atoms with E-state index in [1.54, 1.807) is 11.3 Å². The molecule has 2 aliphatic carbocycles. The Morgan fingerprint density at radius 3 is 2.85 bits per heavy atom. The molecular weight excluding hydrogens is 290 g/mol. The zero-order valence-corrected chi connectivity index (χ0v) is 13.7. The van der Waals surface area contributed by atoms with Gasteiger partial charge < -0.3 is 10.1 Å². The van der Waals surface area contributed by atoms with Gasteiger partial charge in [0.05, 0.1) is 10.4 Å². The van der Waals surface area contributed by atoms with Crippen LogP contribution in [0.4, 0.5) is 0 Å². The van der Waals surface area contributed by atoms with Crippen molar-refractivity contribution >= 4 is 22.9 Å². The Balaban J connectivity index is 1.50. The van der Waals surface area contributed by atoms with Gasteiger partial charge in [-0.3, -0.25) is 0 Å². The fourth-order valence-electron chi connectivity index (χ4n) is 4.03. The van der Waals surface area contributed by atoms with Crippen LogP contribution in [0.1, 0.15) is 43.9 Å². The summed E-state index contributed by atoms with van der Waals surface area (Å²) in [4.78, 5) is 1.38. The largest absolute Gasteiger partial charge is 0.378 e. The Labute approximate surface area is 130 Å². The molecule has 0 radical (unpaired) electrons. The third kappa shape index (κ3) is 2.78. The number of halogens is 1. The molecule has 0 bridgehead atoms. The van der Waals surface area contributed by atoms with Crippen molar-refractivity contribution in [3.05, 3.63) is 21.3 Å². The van der Waals surface area contributed by atoms with E-state index in [1.807, 2.05) is 6.07 Å². The lowest BCUT2D eigenvalue weighted by molar-refractivity contribution is -0.130. The van der Waals surface area contributed by atoms with Gasteiger partial charge in [-0.2, -0.15) is 0 Å². The molecule has 20 heavy (non-hydrogen) atoms. The van der Waals surface area contributed by atoms with E-state index in [9.17, 15) is 0 Å². The summed E-state index contributed by atoms with van der Waals surface area (Å²) < 4.78 is 6.85. The van der Waals surface area contributed by atoms with Crippen LogP contribution in [-0.2, 0) is 11.2 Å². The predicted octanol–water partition coefficient (Wildman–Crippen LogP) is 4.27. The maximum absolute atomic E-state index is 5.97. The lowest BCUT2D eigenvalue weighted by Gasteiger charge is -2.54. The topological polar surface area (TPSA) is 21.3 Å². The molecule has 1 aromatic rings. The maximum Gasteiger partial charge on any atom is 0.0931 e. The Morgan fingerprint density at radius 2 is 2.20 bits per heavy atom. The molecule has 0 aliphatic heterocycles. The third-order valence-electron chi connectivity index (χ3n) is 5.08. The fourth-order valence-corrected chi connectivity index (χ4v) is 5.12. The van der Waals surface area contributed by atoms with Gasteiger partial charge in [0.15, 0.2) is 0 Å². The summed E-state index contributed by atoms with van der Waals surface area (Å²) in [6.45, 7) is 4.03. The van der Waals surface area contributed by atoms with Crippen molar-refractivity contribution in [2.75, 3.05) is 13.2 Å². The van der Waals surface area contributed by atoms with Gasteiger partial charge in [0.25, 0.3) is 0 Å². The van der Waals surface area contributed by atoms with E-state index in [4.69, 9.17) is 16.3 Å². The van der Waals surface area contributed by atoms with Crippen molar-refractivity contribution in [2.24, 2.45) is 5.41 Å². The highest BCUT2D eigenvalue weighted by atomic mass is 35.5. The SMILES string of the molecule is CCOC1CC(NCCc2ccc(Cl)s2)C12CCCC2. The van der Waals surface area contributed by atoms with Crippen LogP contribution >= 0.6 is 22.9 Å². The van der Waals surface area contributed by atoms with Crippen molar-refractivity contribution in [1.82, 2.24) is 5.32 Å². The van der Waals surface area contributed by atoms with Crippen LogP contribution in [0, 0.1) is 5.41 Å². The van der Waals surface area contributed by atoms with Gasteiger partial charge >= 0.3 is 0 Å². The summed E-state index contributed by atoms with van der Waals surface area (Å²) in [6, 6.07) is 4.80. The smallest absolute Gasteiger partial charge is 0.0931 e. The zero-order chi connectivity index (χ0) is 14.0. The van der Waals surface area contributed by atoms with E-state index in [1.165, 1.54) is 37.0 Å². The number of rotatable bonds is 6. The summed E-state index contributed by atoms with van der Waals surface area (Å²) in [7, 11) is 0. The monoisotopic (exact) mass is 313 g/mol. The minimum atomic E-state index is 0.448. The zero-order valence-electron chi connectivity index (χ0n) is 12.2. The summed E-state index contributed by atoms with van der Waals surface area (Å²) in [6.07, 6.45) is 8.23. The van der Waals surface area contributed by atoms with E-state index in [0.717, 1.165) is 23.9 Å². The van der Waals surface area contributed by atoms with Crippen LogP contribution in [0.15, 0.2) is 12.1 Å². The number of thiophene rings is 1. The second kappa shape index (κ2) is 6.35. The number of nitrogens with one attached hydrogen (secondary N) is 1. The highest BCUT2D eigenvalue weighted by molar-refractivity contribution is 7.16. The molecule has 1 aromatic heterocycles. The Hall–Kier alpha value is -0.0900. The van der Waals surface area contributed by atoms with Crippen molar-refractivity contribution in [3.63, 3.8) is 0 Å². The van der Waals surface area contributed by atoms with E-state index in [2.05, 4.69) is 18.3 Å². The first-order chi connectivity index (χ1) is 9.74. The highest BCUT2D eigenvalue weighted by Gasteiger charge is 2.56. The molecule has 2 nitrogen and oxygen atoms in total. The molecule has 0 amide bonds. The molecule has 2 unspecified atom stereocenters. The fraction of sp³-hybridized carbons (Fsp3) is 0.750. The molecule has 2 aliphatic rings. The van der Waals surface area contributed by atoms with Crippen LogP contribution in [-0.4, -0.2) is 25.3 Å². The van der Waals surface area contributed by atoms with E-state index in [0.29, 0.717) is 17.6 Å². The standard InChI is InChI=1S/C16H24ClNOS/c1-2-19-14-11-13(16(14)8-3-4-9-16)18-10-7-12-5-6-15(17)20-12/h5-6,13-14,18H,2-4,7-11H2,1H3. The number of hydrogen-bond acceptors (Lipinski definition) is 3. The van der Waals surface area contributed by atoms with E-state index < -0.39 is 0 Å². The van der Waals surface area contributed by atoms with Gasteiger partial charge in [-0.25, -0.2) is 0 Å². The quantitative estimate of drug-likeness (QED) is 0.846. The minimum absolute atomic E-state index is 0.448. The first-order valence-corrected chi connectivity index (χ1v) is 9.03. The van der Waals surface area contributed by atoms with E-state index >= 15 is 0 Å². The van der Waals surface area contributed by atoms with Gasteiger partial charge in [0.1, 0.15) is 0 Å². The molecule has 0 saturated heterocycles. The number of ether oxygens (including phenoxy) is 1. The molecule has 3 rings (SSSR count). The average molecular weight is 314 g/mol. The first-order valence-electron chi connectivity index (χ1n) is 7.84. The lowest BCUT2D eigenvalue weighted by atomic mass is 9.60. The first kappa shape index (κ1) is 14.8. The number of hydrogen-bond donors (Lipinski definition) is 1. The second-order valence-corrected chi connectivity index (χ2v) is 7.88. The molecule has 112 valence electrons. The molecule has 1 N–H and O–H groups in total. The maximum atomic E-state index is 5.97. The van der Waals surface area contributed by atoms with Crippen molar-refractivity contribution in [3.8, 4) is 0 Å². The van der Waals surface area contributed by atoms with Gasteiger partial charge in [0, 0.05) is 29.5 Å². The van der Waals surface area contributed by atoms with Crippen LogP contribution in [0.3, 0.4) is 0 Å². The van der Waals surface area contributed by atoms with Crippen LogP contribution in [0.2, 0.25) is 4.34 Å². The van der Waals surface area contributed by atoms with Gasteiger partial charge in [-0.15, -0.1) is 11.3 Å². The molecule has 1 heterocycles. The third-order valence-corrected chi connectivity index (χ3v) is 6.37. The summed E-state index contributed by atoms with van der Waals surface area (Å²) in [5.74, 6) is 0. The molecule has 0 aromatic carbocycles. The molecule has 4 heteroatoms. The van der Waals surface area contributed by atoms with Gasteiger partial charge in [0.2, 0.25) is 0 Å². The van der Waals surface area contributed by atoms with Crippen molar-refractivity contribution in [1.29, 1.82) is 0 Å². The van der Waals surface area contributed by atoms with Crippen LogP contribution in [0.25, 0.3) is 0 Å². The minimum Gasteiger partial charge on any atom is -0.378 e. The Kier molecular flexibility index (Phi) is 4.71. The van der Waals surface area contributed by atoms with Gasteiger partial charge in [-0.1, -0.05) is 24.4 Å². The average Bonchev–Trinajstić information content (AvgIpc) is 3.07. The summed E-state index contributed by atoms with van der Waals surface area (Å²) >= 11 is 7.67. The second-order valence-electron chi connectivity index (χ2n) is 6.08. The lowest BCUT2D eigenvalue weighted by Crippen LogP contribution is -2.62. The van der Waals surface area contributed by atoms with Gasteiger partial charge in [-0.05, 0) is 44.7 Å². The van der Waals surface area contributed by atoms with Crippen molar-refractivity contribution in [2.45, 2.75) is 57.6 Å². The van der Waals surface area contributed by atoms with Crippen molar-refractivity contribution < 1.29 is 4.74 Å². The summed E-state index contributed by atoms with van der Waals surface area (Å²) in [5, 5.41) is 3.78. The Bertz CT molecular complexity index is 441. The highest BCUT2D eigenvalue weighted by Crippen LogP contribution is 2.54. The normalized spacial score (nSPS) is 27.9. The predicted molar refractivity (Wildman–Crippen MR) is 85.8 cm³/mol.